The Morgan fingerprint density at radius 3 is 2.67 bits per heavy atom. The van der Waals surface area contributed by atoms with E-state index in [1.807, 2.05) is 0 Å². The summed E-state index contributed by atoms with van der Waals surface area (Å²) in [5, 5.41) is 6.18. The van der Waals surface area contributed by atoms with Gasteiger partial charge in [0.15, 0.2) is 11.3 Å². The van der Waals surface area contributed by atoms with Crippen molar-refractivity contribution < 1.29 is 23.5 Å². The zero-order chi connectivity index (χ0) is 25.4. The zero-order valence-corrected chi connectivity index (χ0v) is 20.0. The fraction of sp³-hybridized carbons (Fsp3) is 0.130. The Labute approximate surface area is 211 Å². The maximum absolute atomic E-state index is 13.1. The number of urea groups is 1. The van der Waals surface area contributed by atoms with Crippen LogP contribution in [0.2, 0.25) is 5.02 Å². The van der Waals surface area contributed by atoms with Crippen LogP contribution in [0.5, 0.6) is 5.75 Å². The van der Waals surface area contributed by atoms with Crippen LogP contribution in [-0.4, -0.2) is 34.5 Å². The smallest absolute Gasteiger partial charge is 0.408 e. The topological polar surface area (TPSA) is 160 Å². The number of nitrogens with zero attached hydrogens (tertiary/aromatic N) is 1. The molecule has 36 heavy (non-hydrogen) atoms. The predicted molar refractivity (Wildman–Crippen MR) is 134 cm³/mol. The molecule has 0 saturated heterocycles. The van der Waals surface area contributed by atoms with Crippen molar-refractivity contribution in [2.24, 2.45) is 5.73 Å². The predicted octanol–water partition coefficient (Wildman–Crippen LogP) is 4.14. The maximum Gasteiger partial charge on any atom is 0.417 e. The Hall–Kier alpha value is -4.29. The average Bonchev–Trinajstić information content (AvgIpc) is 3.37. The number of aromatic amines is 1. The van der Waals surface area contributed by atoms with Gasteiger partial charge in [0.25, 0.3) is 5.91 Å². The van der Waals surface area contributed by atoms with Crippen LogP contribution >= 0.6 is 22.9 Å². The van der Waals surface area contributed by atoms with Crippen LogP contribution in [0.4, 0.5) is 20.3 Å². The van der Waals surface area contributed by atoms with Crippen LogP contribution < -0.4 is 26.9 Å². The van der Waals surface area contributed by atoms with Crippen LogP contribution in [0.3, 0.4) is 0 Å². The molecule has 0 fully saturated rings. The van der Waals surface area contributed by atoms with E-state index in [0.717, 1.165) is 4.88 Å². The lowest BCUT2D eigenvalue weighted by Gasteiger charge is -2.27. The van der Waals surface area contributed by atoms with Crippen LogP contribution in [0.25, 0.3) is 11.1 Å². The number of halogens is 1. The van der Waals surface area contributed by atoms with E-state index in [9.17, 15) is 19.2 Å². The monoisotopic (exact) mass is 527 g/mol. The number of carbonyl (C=O) groups is 3. The van der Waals surface area contributed by atoms with E-state index in [2.05, 4.69) is 15.6 Å². The van der Waals surface area contributed by atoms with E-state index in [0.29, 0.717) is 40.3 Å². The first-order chi connectivity index (χ1) is 17.3. The average molecular weight is 528 g/mol. The lowest BCUT2D eigenvalue weighted by atomic mass is 10.1. The number of nitrogens with one attached hydrogen (secondary N) is 3. The number of anilines is 2. The molecule has 0 aliphatic carbocycles. The van der Waals surface area contributed by atoms with Gasteiger partial charge in [-0.3, -0.25) is 15.1 Å². The Kier molecular flexibility index (Phi) is 6.12. The van der Waals surface area contributed by atoms with E-state index < -0.39 is 17.9 Å². The summed E-state index contributed by atoms with van der Waals surface area (Å²) < 4.78 is 10.3. The van der Waals surface area contributed by atoms with Crippen LogP contribution in [0.1, 0.15) is 20.8 Å². The largest absolute Gasteiger partial charge is 0.417 e. The normalized spacial score (nSPS) is 12.8. The molecule has 1 aliphatic heterocycles. The second-order valence-corrected chi connectivity index (χ2v) is 9.41. The first-order valence-corrected chi connectivity index (χ1v) is 11.8. The van der Waals surface area contributed by atoms with Crippen molar-refractivity contribution in [2.45, 2.75) is 13.0 Å². The molecule has 5 rings (SSSR count). The van der Waals surface area contributed by atoms with Gasteiger partial charge < -0.3 is 25.1 Å². The van der Waals surface area contributed by atoms with E-state index >= 15 is 0 Å². The SMILES string of the molecule is NC(=O)Oc1c(NC(=O)Nc2ccc(Cl)cc2)sc2c1CCN(C(=O)c1ccc3[nH]c(=O)oc3c1)C2. The summed E-state index contributed by atoms with van der Waals surface area (Å²) in [6.07, 6.45) is -0.640. The standard InChI is InChI=1S/C23H18ClN5O6S/c24-12-2-4-13(5-3-12)26-22(32)28-19-18(35-21(25)31)14-7-8-29(10-17(14)36-19)20(30)11-1-6-15-16(9-11)34-23(33)27-15/h1-6,9H,7-8,10H2,(H2,25,31)(H,27,33)(H2,26,28,32). The van der Waals surface area contributed by atoms with Gasteiger partial charge in [0, 0.05) is 33.3 Å². The van der Waals surface area contributed by atoms with Crippen molar-refractivity contribution in [3.8, 4) is 5.75 Å². The van der Waals surface area contributed by atoms with Crippen molar-refractivity contribution in [1.82, 2.24) is 9.88 Å². The Bertz CT molecular complexity index is 1560. The number of benzene rings is 2. The van der Waals surface area contributed by atoms with Crippen molar-refractivity contribution in [3.05, 3.63) is 74.0 Å². The fourth-order valence-electron chi connectivity index (χ4n) is 3.90. The number of carbonyl (C=O) groups excluding carboxylic acids is 3. The minimum Gasteiger partial charge on any atom is -0.408 e. The van der Waals surface area contributed by atoms with Crippen molar-refractivity contribution in [3.63, 3.8) is 0 Å². The highest BCUT2D eigenvalue weighted by Gasteiger charge is 2.30. The summed E-state index contributed by atoms with van der Waals surface area (Å²) in [5.41, 5.74) is 7.61. The number of rotatable bonds is 4. The molecule has 0 spiro atoms. The first-order valence-electron chi connectivity index (χ1n) is 10.6. The summed E-state index contributed by atoms with van der Waals surface area (Å²) in [4.78, 5) is 53.6. The Morgan fingerprint density at radius 1 is 1.14 bits per heavy atom. The molecular weight excluding hydrogens is 510 g/mol. The highest BCUT2D eigenvalue weighted by molar-refractivity contribution is 7.17. The summed E-state index contributed by atoms with van der Waals surface area (Å²) in [7, 11) is 0. The first kappa shape index (κ1) is 23.5. The molecule has 0 bridgehead atoms. The number of fused-ring (bicyclic) bond motifs is 2. The molecule has 4 aromatic rings. The number of ether oxygens (including phenoxy) is 1. The molecule has 0 unspecified atom stereocenters. The van der Waals surface area contributed by atoms with Crippen LogP contribution in [-0.2, 0) is 13.0 Å². The van der Waals surface area contributed by atoms with Crippen molar-refractivity contribution in [2.75, 3.05) is 17.2 Å². The molecule has 4 amide bonds. The number of nitrogens with two attached hydrogens (primary N) is 1. The molecule has 2 aromatic carbocycles. The lowest BCUT2D eigenvalue weighted by molar-refractivity contribution is 0.0736. The highest BCUT2D eigenvalue weighted by atomic mass is 35.5. The lowest BCUT2D eigenvalue weighted by Crippen LogP contribution is -2.35. The third-order valence-electron chi connectivity index (χ3n) is 5.50. The molecule has 0 atom stereocenters. The second kappa shape index (κ2) is 9.40. The van der Waals surface area contributed by atoms with Gasteiger partial charge in [0.1, 0.15) is 5.00 Å². The number of aromatic nitrogens is 1. The molecule has 1 aliphatic rings. The Balaban J connectivity index is 1.36. The Morgan fingerprint density at radius 2 is 1.92 bits per heavy atom. The van der Waals surface area contributed by atoms with Gasteiger partial charge in [-0.05, 0) is 48.9 Å². The van der Waals surface area contributed by atoms with E-state index in [1.54, 1.807) is 41.3 Å². The summed E-state index contributed by atoms with van der Waals surface area (Å²) in [5.74, 6) is -0.693. The molecule has 2 aromatic heterocycles. The maximum atomic E-state index is 13.1. The van der Waals surface area contributed by atoms with E-state index in [-0.39, 0.29) is 28.8 Å². The zero-order valence-electron chi connectivity index (χ0n) is 18.4. The van der Waals surface area contributed by atoms with Gasteiger partial charge in [-0.1, -0.05) is 11.6 Å². The minimum atomic E-state index is -1.02. The number of hydrogen-bond donors (Lipinski definition) is 4. The molecular formula is C23H18ClN5O6S. The van der Waals surface area contributed by atoms with E-state index in [4.69, 9.17) is 26.5 Å². The number of oxazole rings is 1. The summed E-state index contributed by atoms with van der Waals surface area (Å²) in [6.45, 7) is 0.562. The van der Waals surface area contributed by atoms with Gasteiger partial charge >= 0.3 is 17.9 Å². The van der Waals surface area contributed by atoms with Gasteiger partial charge in [-0.25, -0.2) is 14.4 Å². The van der Waals surface area contributed by atoms with Gasteiger partial charge in [0.2, 0.25) is 0 Å². The van der Waals surface area contributed by atoms with Gasteiger partial charge in [-0.15, -0.1) is 11.3 Å². The highest BCUT2D eigenvalue weighted by Crippen LogP contribution is 2.43. The molecule has 184 valence electrons. The third kappa shape index (κ3) is 4.76. The molecule has 0 saturated carbocycles. The third-order valence-corrected chi connectivity index (χ3v) is 6.86. The van der Waals surface area contributed by atoms with Crippen molar-refractivity contribution in [1.29, 1.82) is 0 Å². The molecule has 5 N–H and O–H groups in total. The quantitative estimate of drug-likeness (QED) is 0.312. The van der Waals surface area contributed by atoms with Crippen molar-refractivity contribution >= 4 is 62.8 Å². The molecule has 0 radical (unpaired) electrons. The van der Waals surface area contributed by atoms with Crippen LogP contribution in [0, 0.1) is 0 Å². The number of primary amides is 1. The minimum absolute atomic E-state index is 0.163. The second-order valence-electron chi connectivity index (χ2n) is 7.87. The fourth-order valence-corrected chi connectivity index (χ4v) is 5.21. The molecule has 13 heteroatoms. The number of hydrogen-bond acceptors (Lipinski definition) is 7. The number of thiophene rings is 1. The van der Waals surface area contributed by atoms with Gasteiger partial charge in [0.05, 0.1) is 12.1 Å². The van der Waals surface area contributed by atoms with E-state index in [1.165, 1.54) is 17.4 Å². The number of H-pyrrole nitrogens is 1. The summed E-state index contributed by atoms with van der Waals surface area (Å²) >= 11 is 7.05. The van der Waals surface area contributed by atoms with Crippen LogP contribution in [0.15, 0.2) is 51.7 Å². The number of amides is 4. The van der Waals surface area contributed by atoms with Gasteiger partial charge in [-0.2, -0.15) is 0 Å². The summed E-state index contributed by atoms with van der Waals surface area (Å²) in [6, 6.07) is 10.7. The molecule has 11 nitrogen and oxygen atoms in total. The molecule has 3 heterocycles.